The average molecular weight is 270 g/mol. The summed E-state index contributed by atoms with van der Waals surface area (Å²) in [6.07, 6.45) is -0.840. The molecule has 1 unspecified atom stereocenters. The van der Waals surface area contributed by atoms with E-state index >= 15 is 0 Å². The number of hydrazine groups is 1. The predicted octanol–water partition coefficient (Wildman–Crippen LogP) is 0.387. The summed E-state index contributed by atoms with van der Waals surface area (Å²) in [4.78, 5) is 22.6. The molecular formula is C12H15FN2O4. The zero-order chi connectivity index (χ0) is 14.3. The van der Waals surface area contributed by atoms with Crippen LogP contribution in [0.1, 0.15) is 6.92 Å². The predicted molar refractivity (Wildman–Crippen MR) is 64.7 cm³/mol. The monoisotopic (exact) mass is 270 g/mol. The van der Waals surface area contributed by atoms with Crippen molar-refractivity contribution in [3.05, 3.63) is 30.1 Å². The number of benzene rings is 1. The van der Waals surface area contributed by atoms with E-state index in [1.54, 1.807) is 0 Å². The lowest BCUT2D eigenvalue weighted by molar-refractivity contribution is -0.134. The highest BCUT2D eigenvalue weighted by molar-refractivity contribution is 5.84. The van der Waals surface area contributed by atoms with Crippen molar-refractivity contribution in [3.63, 3.8) is 0 Å². The van der Waals surface area contributed by atoms with Crippen LogP contribution in [0.3, 0.4) is 0 Å². The second kappa shape index (κ2) is 7.32. The molecule has 0 spiro atoms. The van der Waals surface area contributed by atoms with Crippen LogP contribution in [-0.4, -0.2) is 31.6 Å². The van der Waals surface area contributed by atoms with Gasteiger partial charge in [0.2, 0.25) is 0 Å². The van der Waals surface area contributed by atoms with Gasteiger partial charge in [-0.1, -0.05) is 0 Å². The molecule has 2 amide bonds. The molecule has 0 radical (unpaired) electrons. The van der Waals surface area contributed by atoms with Crippen molar-refractivity contribution in [1.82, 2.24) is 10.9 Å². The summed E-state index contributed by atoms with van der Waals surface area (Å²) in [5, 5.41) is 0. The Kier molecular flexibility index (Phi) is 5.74. The first kappa shape index (κ1) is 14.9. The number of carbonyl (C=O) groups excluding carboxylic acids is 2. The molecule has 0 fully saturated rings. The van der Waals surface area contributed by atoms with Gasteiger partial charge in [0, 0.05) is 7.11 Å². The third kappa shape index (κ3) is 5.35. The molecule has 2 N–H and O–H groups in total. The number of hydrogen-bond donors (Lipinski definition) is 2. The van der Waals surface area contributed by atoms with Gasteiger partial charge in [0.15, 0.2) is 6.10 Å². The van der Waals surface area contributed by atoms with E-state index < -0.39 is 23.7 Å². The van der Waals surface area contributed by atoms with Crippen molar-refractivity contribution < 1.29 is 23.5 Å². The van der Waals surface area contributed by atoms with Gasteiger partial charge in [-0.3, -0.25) is 20.4 Å². The fourth-order valence-corrected chi connectivity index (χ4v) is 1.17. The molecule has 1 atom stereocenters. The van der Waals surface area contributed by atoms with E-state index in [0.29, 0.717) is 5.75 Å². The van der Waals surface area contributed by atoms with Gasteiger partial charge in [0.1, 0.15) is 18.2 Å². The number of rotatable bonds is 5. The number of hydrogen-bond acceptors (Lipinski definition) is 4. The van der Waals surface area contributed by atoms with E-state index in [-0.39, 0.29) is 6.61 Å². The molecule has 1 aromatic carbocycles. The molecule has 1 aromatic rings. The third-order valence-electron chi connectivity index (χ3n) is 2.10. The first-order valence-corrected chi connectivity index (χ1v) is 5.52. The number of methoxy groups -OCH3 is 1. The van der Waals surface area contributed by atoms with Crippen LogP contribution in [0.25, 0.3) is 0 Å². The van der Waals surface area contributed by atoms with Crippen molar-refractivity contribution in [2.24, 2.45) is 0 Å². The minimum absolute atomic E-state index is 0.159. The minimum Gasteiger partial charge on any atom is -0.481 e. The van der Waals surface area contributed by atoms with Crippen molar-refractivity contribution in [3.8, 4) is 5.75 Å². The van der Waals surface area contributed by atoms with Crippen molar-refractivity contribution >= 4 is 11.8 Å². The highest BCUT2D eigenvalue weighted by atomic mass is 19.1. The molecule has 0 saturated carbocycles. The first-order chi connectivity index (χ1) is 9.02. The van der Waals surface area contributed by atoms with Crippen LogP contribution < -0.4 is 15.6 Å². The number of halogens is 1. The largest absolute Gasteiger partial charge is 0.481 e. The van der Waals surface area contributed by atoms with Crippen molar-refractivity contribution in [1.29, 1.82) is 0 Å². The molecule has 0 aliphatic carbocycles. The molecule has 0 aliphatic rings. The second-order valence-electron chi connectivity index (χ2n) is 3.68. The molecule has 104 valence electrons. The summed E-state index contributed by atoms with van der Waals surface area (Å²) in [5.74, 6) is -1.05. The normalized spacial score (nSPS) is 11.5. The summed E-state index contributed by atoms with van der Waals surface area (Å²) >= 11 is 0. The minimum atomic E-state index is -0.840. The molecule has 0 aromatic heterocycles. The van der Waals surface area contributed by atoms with Gasteiger partial charge in [-0.05, 0) is 31.2 Å². The third-order valence-corrected chi connectivity index (χ3v) is 2.10. The number of amides is 2. The maximum atomic E-state index is 12.7. The lowest BCUT2D eigenvalue weighted by atomic mass is 10.3. The van der Waals surface area contributed by atoms with Gasteiger partial charge in [-0.2, -0.15) is 0 Å². The Hall–Kier alpha value is -2.15. The van der Waals surface area contributed by atoms with Crippen molar-refractivity contribution in [2.75, 3.05) is 13.7 Å². The van der Waals surface area contributed by atoms with Crippen molar-refractivity contribution in [2.45, 2.75) is 13.0 Å². The smallest absolute Gasteiger partial charge is 0.279 e. The van der Waals surface area contributed by atoms with Crippen LogP contribution in [-0.2, 0) is 14.3 Å². The molecule has 7 heteroatoms. The number of ether oxygens (including phenoxy) is 2. The van der Waals surface area contributed by atoms with Gasteiger partial charge < -0.3 is 9.47 Å². The number of nitrogens with one attached hydrogen (secondary N) is 2. The fraction of sp³-hybridized carbons (Fsp3) is 0.333. The zero-order valence-corrected chi connectivity index (χ0v) is 10.6. The molecule has 0 bridgehead atoms. The van der Waals surface area contributed by atoms with E-state index in [1.807, 2.05) is 0 Å². The van der Waals surface area contributed by atoms with E-state index in [9.17, 15) is 14.0 Å². The maximum Gasteiger partial charge on any atom is 0.279 e. The molecular weight excluding hydrogens is 255 g/mol. The first-order valence-electron chi connectivity index (χ1n) is 5.52. The van der Waals surface area contributed by atoms with Gasteiger partial charge in [-0.15, -0.1) is 0 Å². The molecule has 6 nitrogen and oxygen atoms in total. The number of carbonyl (C=O) groups is 2. The highest BCUT2D eigenvalue weighted by Gasteiger charge is 2.15. The van der Waals surface area contributed by atoms with Crippen LogP contribution >= 0.6 is 0 Å². The lowest BCUT2D eigenvalue weighted by Gasteiger charge is -2.14. The summed E-state index contributed by atoms with van der Waals surface area (Å²) in [6.45, 7) is 1.34. The highest BCUT2D eigenvalue weighted by Crippen LogP contribution is 2.12. The Bertz CT molecular complexity index is 436. The molecule has 0 saturated heterocycles. The summed E-state index contributed by atoms with van der Waals surface area (Å²) in [7, 11) is 1.36. The zero-order valence-electron chi connectivity index (χ0n) is 10.6. The van der Waals surface area contributed by atoms with Gasteiger partial charge in [0.05, 0.1) is 0 Å². The van der Waals surface area contributed by atoms with Crippen LogP contribution in [0.5, 0.6) is 5.75 Å². The Labute approximate surface area is 109 Å². The van der Waals surface area contributed by atoms with Crippen LogP contribution in [0.15, 0.2) is 24.3 Å². The molecule has 1 rings (SSSR count). The lowest BCUT2D eigenvalue weighted by Crippen LogP contribution is -2.48. The van der Waals surface area contributed by atoms with Gasteiger partial charge in [0.25, 0.3) is 11.8 Å². The summed E-state index contributed by atoms with van der Waals surface area (Å²) in [6, 6.07) is 5.26. The Morgan fingerprint density at radius 2 is 1.89 bits per heavy atom. The van der Waals surface area contributed by atoms with Crippen LogP contribution in [0.4, 0.5) is 4.39 Å². The average Bonchev–Trinajstić information content (AvgIpc) is 2.39. The second-order valence-corrected chi connectivity index (χ2v) is 3.68. The fourth-order valence-electron chi connectivity index (χ4n) is 1.17. The SMILES string of the molecule is COCC(=O)NNC(=O)C(C)Oc1ccc(F)cc1. The van der Waals surface area contributed by atoms with Gasteiger partial charge in [-0.25, -0.2) is 4.39 Å². The van der Waals surface area contributed by atoms with E-state index in [1.165, 1.54) is 38.3 Å². The Morgan fingerprint density at radius 3 is 2.47 bits per heavy atom. The Balaban J connectivity index is 2.40. The van der Waals surface area contributed by atoms with Crippen LogP contribution in [0, 0.1) is 5.82 Å². The Morgan fingerprint density at radius 1 is 1.26 bits per heavy atom. The summed E-state index contributed by atoms with van der Waals surface area (Å²) in [5.41, 5.74) is 4.34. The quantitative estimate of drug-likeness (QED) is 0.759. The maximum absolute atomic E-state index is 12.7. The molecule has 19 heavy (non-hydrogen) atoms. The van der Waals surface area contributed by atoms with Crippen LogP contribution in [0.2, 0.25) is 0 Å². The van der Waals surface area contributed by atoms with E-state index in [2.05, 4.69) is 15.6 Å². The molecule has 0 heterocycles. The van der Waals surface area contributed by atoms with E-state index in [0.717, 1.165) is 0 Å². The topological polar surface area (TPSA) is 76.7 Å². The molecule has 0 aliphatic heterocycles. The van der Waals surface area contributed by atoms with E-state index in [4.69, 9.17) is 4.74 Å². The standard InChI is InChI=1S/C12H15FN2O4/c1-8(12(17)15-14-11(16)7-18-2)19-10-5-3-9(13)4-6-10/h3-6,8H,7H2,1-2H3,(H,14,16)(H,15,17). The van der Waals surface area contributed by atoms with Gasteiger partial charge >= 0.3 is 0 Å². The summed E-state index contributed by atoms with van der Waals surface area (Å²) < 4.78 is 22.5.